The second-order valence-corrected chi connectivity index (χ2v) is 11.0. The molecular weight excluding hydrogens is 444 g/mol. The van der Waals surface area contributed by atoms with Gasteiger partial charge in [-0.2, -0.15) is 0 Å². The van der Waals surface area contributed by atoms with Gasteiger partial charge in [-0.25, -0.2) is 4.79 Å². The van der Waals surface area contributed by atoms with Gasteiger partial charge in [0.1, 0.15) is 12.6 Å². The van der Waals surface area contributed by atoms with Crippen LogP contribution < -0.4 is 5.32 Å². The lowest BCUT2D eigenvalue weighted by atomic mass is 9.80. The number of nitrogens with zero attached hydrogens (tertiary/aromatic N) is 1. The molecule has 1 heterocycles. The summed E-state index contributed by atoms with van der Waals surface area (Å²) in [6.07, 6.45) is 0.473. The van der Waals surface area contributed by atoms with Crippen LogP contribution in [0.2, 0.25) is 0 Å². The normalized spacial score (nSPS) is 20.5. The van der Waals surface area contributed by atoms with E-state index < -0.39 is 28.9 Å². The molecule has 2 aromatic rings. The molecule has 2 aliphatic rings. The van der Waals surface area contributed by atoms with E-state index in [1.165, 1.54) is 0 Å². The molecule has 1 aliphatic heterocycles. The summed E-state index contributed by atoms with van der Waals surface area (Å²) in [5, 5.41) is 12.4. The van der Waals surface area contributed by atoms with Crippen molar-refractivity contribution in [2.75, 3.05) is 19.7 Å². The van der Waals surface area contributed by atoms with Crippen LogP contribution in [0.3, 0.4) is 0 Å². The predicted molar refractivity (Wildman–Crippen MR) is 133 cm³/mol. The van der Waals surface area contributed by atoms with Gasteiger partial charge in [-0.15, -0.1) is 0 Å². The summed E-state index contributed by atoms with van der Waals surface area (Å²) in [7, 11) is 0. The smallest absolute Gasteiger partial charge is 0.407 e. The van der Waals surface area contributed by atoms with Crippen LogP contribution in [0.4, 0.5) is 4.79 Å². The highest BCUT2D eigenvalue weighted by molar-refractivity contribution is 5.87. The third kappa shape index (κ3) is 4.90. The Kier molecular flexibility index (Phi) is 6.62. The molecule has 7 heteroatoms. The molecule has 1 unspecified atom stereocenters. The minimum absolute atomic E-state index is 0.0738. The van der Waals surface area contributed by atoms with Gasteiger partial charge in [0, 0.05) is 19.0 Å². The first-order valence-corrected chi connectivity index (χ1v) is 12.1. The van der Waals surface area contributed by atoms with Crippen LogP contribution in [-0.2, 0) is 14.3 Å². The molecule has 0 aromatic heterocycles. The van der Waals surface area contributed by atoms with E-state index in [0.717, 1.165) is 22.3 Å². The Labute approximate surface area is 206 Å². The van der Waals surface area contributed by atoms with Gasteiger partial charge in [-0.1, -0.05) is 69.3 Å². The highest BCUT2D eigenvalue weighted by Gasteiger charge is 2.43. The summed E-state index contributed by atoms with van der Waals surface area (Å²) in [6.45, 7) is 8.05. The number of ether oxygens (including phenoxy) is 1. The number of benzene rings is 2. The van der Waals surface area contributed by atoms with E-state index in [4.69, 9.17) is 4.74 Å². The van der Waals surface area contributed by atoms with Crippen LogP contribution in [0.5, 0.6) is 0 Å². The molecule has 0 bridgehead atoms. The van der Waals surface area contributed by atoms with Gasteiger partial charge in [0.2, 0.25) is 5.91 Å². The Hall–Kier alpha value is -3.35. The van der Waals surface area contributed by atoms with Crippen LogP contribution in [0, 0.1) is 10.8 Å². The molecule has 2 aromatic carbocycles. The Bertz CT molecular complexity index is 1090. The van der Waals surface area contributed by atoms with Gasteiger partial charge in [-0.3, -0.25) is 9.59 Å². The number of likely N-dealkylation sites (tertiary alicyclic amines) is 1. The summed E-state index contributed by atoms with van der Waals surface area (Å²) in [4.78, 5) is 39.7. The number of alkyl carbamates (subject to hydrolysis) is 1. The van der Waals surface area contributed by atoms with Crippen molar-refractivity contribution in [2.24, 2.45) is 10.8 Å². The molecule has 1 saturated heterocycles. The molecule has 0 saturated carbocycles. The lowest BCUT2D eigenvalue weighted by molar-refractivity contribution is -0.154. The fourth-order valence-corrected chi connectivity index (χ4v) is 5.19. The second kappa shape index (κ2) is 9.36. The van der Waals surface area contributed by atoms with E-state index in [0.29, 0.717) is 19.4 Å². The SMILES string of the molecule is CC1(C(=O)O)CCCN(C(=O)[C@H](NC(=O)OCC2c3ccccc3-c3ccccc32)C(C)(C)C)C1. The maximum absolute atomic E-state index is 13.4. The summed E-state index contributed by atoms with van der Waals surface area (Å²) in [6, 6.07) is 15.4. The van der Waals surface area contributed by atoms with Crippen molar-refractivity contribution in [1.82, 2.24) is 10.2 Å². The van der Waals surface area contributed by atoms with Crippen LogP contribution in [0.25, 0.3) is 11.1 Å². The standard InChI is InChI=1S/C28H34N2O5/c1-27(2,3)23(24(31)30-15-9-14-28(4,17-30)25(32)33)29-26(34)35-16-22-20-12-7-5-10-18(20)19-11-6-8-13-21(19)22/h5-8,10-13,22-23H,9,14-17H2,1-4H3,(H,29,34)(H,32,33)/t23-,28?/m0/s1. The predicted octanol–water partition coefficient (Wildman–Crippen LogP) is 4.65. The van der Waals surface area contributed by atoms with Crippen molar-refractivity contribution in [3.63, 3.8) is 0 Å². The van der Waals surface area contributed by atoms with Crippen LogP contribution in [0.1, 0.15) is 57.6 Å². The second-order valence-electron chi connectivity index (χ2n) is 11.0. The number of hydrogen-bond acceptors (Lipinski definition) is 4. The maximum Gasteiger partial charge on any atom is 0.407 e. The molecule has 186 valence electrons. The van der Waals surface area contributed by atoms with Crippen LogP contribution in [-0.4, -0.2) is 53.7 Å². The van der Waals surface area contributed by atoms with Crippen molar-refractivity contribution >= 4 is 18.0 Å². The van der Waals surface area contributed by atoms with Crippen LogP contribution >= 0.6 is 0 Å². The molecule has 1 fully saturated rings. The minimum atomic E-state index is -0.986. The van der Waals surface area contributed by atoms with E-state index >= 15 is 0 Å². The van der Waals surface area contributed by atoms with Crippen molar-refractivity contribution in [2.45, 2.75) is 52.5 Å². The maximum atomic E-state index is 13.4. The average Bonchev–Trinajstić information content (AvgIpc) is 3.14. The third-order valence-electron chi connectivity index (χ3n) is 7.24. The van der Waals surface area contributed by atoms with Gasteiger partial charge >= 0.3 is 12.1 Å². The summed E-state index contributed by atoms with van der Waals surface area (Å²) >= 11 is 0. The molecule has 2 N–H and O–H groups in total. The van der Waals surface area contributed by atoms with E-state index in [-0.39, 0.29) is 25.0 Å². The molecule has 0 radical (unpaired) electrons. The molecule has 4 rings (SSSR count). The van der Waals surface area contributed by atoms with E-state index in [9.17, 15) is 19.5 Å². The zero-order chi connectivity index (χ0) is 25.4. The van der Waals surface area contributed by atoms with Crippen molar-refractivity contribution in [3.8, 4) is 11.1 Å². The zero-order valence-corrected chi connectivity index (χ0v) is 20.8. The summed E-state index contributed by atoms with van der Waals surface area (Å²) in [5.41, 5.74) is 2.95. The molecular formula is C28H34N2O5. The third-order valence-corrected chi connectivity index (χ3v) is 7.24. The van der Waals surface area contributed by atoms with Crippen LogP contribution in [0.15, 0.2) is 48.5 Å². The highest BCUT2D eigenvalue weighted by atomic mass is 16.5. The minimum Gasteiger partial charge on any atom is -0.481 e. The first-order valence-electron chi connectivity index (χ1n) is 12.1. The van der Waals surface area contributed by atoms with Crippen molar-refractivity contribution < 1.29 is 24.2 Å². The highest BCUT2D eigenvalue weighted by Crippen LogP contribution is 2.44. The number of aliphatic carboxylic acids is 1. The number of nitrogens with one attached hydrogen (secondary N) is 1. The van der Waals surface area contributed by atoms with Gasteiger partial charge in [0.25, 0.3) is 0 Å². The number of carboxylic acid groups (broad SMARTS) is 1. The Balaban J connectivity index is 1.46. The number of piperidine rings is 1. The molecule has 7 nitrogen and oxygen atoms in total. The quantitative estimate of drug-likeness (QED) is 0.652. The number of carboxylic acids is 1. The molecule has 35 heavy (non-hydrogen) atoms. The monoisotopic (exact) mass is 478 g/mol. The van der Waals surface area contributed by atoms with Gasteiger partial charge < -0.3 is 20.1 Å². The Morgan fingerprint density at radius 1 is 1.09 bits per heavy atom. The summed E-state index contributed by atoms with van der Waals surface area (Å²) in [5.74, 6) is -1.26. The first-order chi connectivity index (χ1) is 16.5. The van der Waals surface area contributed by atoms with Gasteiger partial charge in [0.05, 0.1) is 5.41 Å². The summed E-state index contributed by atoms with van der Waals surface area (Å²) < 4.78 is 5.67. The lowest BCUT2D eigenvalue weighted by Crippen LogP contribution is -2.58. The Morgan fingerprint density at radius 3 is 2.20 bits per heavy atom. The topological polar surface area (TPSA) is 95.9 Å². The number of hydrogen-bond donors (Lipinski definition) is 2. The van der Waals surface area contributed by atoms with Crippen molar-refractivity contribution in [1.29, 1.82) is 0 Å². The van der Waals surface area contributed by atoms with Gasteiger partial charge in [0.15, 0.2) is 0 Å². The number of amides is 2. The van der Waals surface area contributed by atoms with E-state index in [2.05, 4.69) is 29.6 Å². The Morgan fingerprint density at radius 2 is 1.66 bits per heavy atom. The number of carbonyl (C=O) groups is 3. The lowest BCUT2D eigenvalue weighted by Gasteiger charge is -2.41. The average molecular weight is 479 g/mol. The van der Waals surface area contributed by atoms with Gasteiger partial charge in [-0.05, 0) is 47.4 Å². The molecule has 2 atom stereocenters. The zero-order valence-electron chi connectivity index (χ0n) is 20.8. The molecule has 1 aliphatic carbocycles. The number of carbonyl (C=O) groups excluding carboxylic acids is 2. The van der Waals surface area contributed by atoms with E-state index in [1.807, 2.05) is 45.0 Å². The number of fused-ring (bicyclic) bond motifs is 3. The number of rotatable bonds is 5. The molecule has 0 spiro atoms. The molecule has 2 amide bonds. The van der Waals surface area contributed by atoms with E-state index in [1.54, 1.807) is 11.8 Å². The van der Waals surface area contributed by atoms with Crippen molar-refractivity contribution in [3.05, 3.63) is 59.7 Å². The first kappa shape index (κ1) is 24.8. The fraction of sp³-hybridized carbons (Fsp3) is 0.464. The fourth-order valence-electron chi connectivity index (χ4n) is 5.19. The largest absolute Gasteiger partial charge is 0.481 e.